The number of hydrogen-bond acceptors (Lipinski definition) is 3. The molecule has 3 nitrogen and oxygen atoms in total. The van der Waals surface area contributed by atoms with Gasteiger partial charge in [0.05, 0.1) is 4.90 Å². The molecule has 0 saturated carbocycles. The molecule has 0 bridgehead atoms. The van der Waals surface area contributed by atoms with Crippen molar-refractivity contribution >= 4 is 15.4 Å². The van der Waals surface area contributed by atoms with Gasteiger partial charge in [-0.2, -0.15) is 0 Å². The Morgan fingerprint density at radius 3 is 2.69 bits per heavy atom. The normalized spacial score (nSPS) is 19.1. The van der Waals surface area contributed by atoms with Crippen molar-refractivity contribution in [2.45, 2.75) is 18.7 Å². The van der Waals surface area contributed by atoms with Crippen LogP contribution in [0.1, 0.15) is 18.1 Å². The fourth-order valence-corrected chi connectivity index (χ4v) is 3.54. The maximum absolute atomic E-state index is 11.9. The lowest BCUT2D eigenvalue weighted by molar-refractivity contribution is 0.266. The van der Waals surface area contributed by atoms with Crippen molar-refractivity contribution < 1.29 is 13.5 Å². The second-order valence-electron chi connectivity index (χ2n) is 4.20. The molecule has 1 N–H and O–H groups in total. The quantitative estimate of drug-likeness (QED) is 0.854. The van der Waals surface area contributed by atoms with Gasteiger partial charge in [0.1, 0.15) is 0 Å². The summed E-state index contributed by atoms with van der Waals surface area (Å²) in [4.78, 5) is 0.364. The fourth-order valence-electron chi connectivity index (χ4n) is 1.88. The molecule has 1 unspecified atom stereocenters. The van der Waals surface area contributed by atoms with Crippen LogP contribution in [0.15, 0.2) is 28.5 Å². The maximum Gasteiger partial charge on any atom is 0.200 e. The molecule has 0 amide bonds. The van der Waals surface area contributed by atoms with E-state index in [-0.39, 0.29) is 12.5 Å². The van der Waals surface area contributed by atoms with Gasteiger partial charge in [0, 0.05) is 17.9 Å². The fraction of sp³-hybridized carbons (Fsp3) is 0.333. The summed E-state index contributed by atoms with van der Waals surface area (Å²) in [5.41, 5.74) is 2.36. The molecule has 1 heterocycles. The second-order valence-corrected chi connectivity index (χ2v) is 5.97. The van der Waals surface area contributed by atoms with Gasteiger partial charge in [0.2, 0.25) is 9.84 Å². The summed E-state index contributed by atoms with van der Waals surface area (Å²) < 4.78 is 23.8. The standard InChI is InChI=1S/C12H14O3S/c1-8-3-4-10-11(9(2)6-13)7-16(14,15)12(10)5-8/h3-5,7,9,13H,6H2,1-2H3. The van der Waals surface area contributed by atoms with Crippen molar-refractivity contribution in [3.05, 3.63) is 34.7 Å². The number of sulfone groups is 1. The van der Waals surface area contributed by atoms with Crippen LogP contribution in [0.3, 0.4) is 0 Å². The molecule has 2 rings (SSSR count). The summed E-state index contributed by atoms with van der Waals surface area (Å²) in [6.45, 7) is 3.63. The minimum Gasteiger partial charge on any atom is -0.396 e. The molecule has 1 aromatic rings. The molecule has 0 radical (unpaired) electrons. The molecule has 1 aliphatic rings. The molecule has 0 aromatic heterocycles. The zero-order valence-electron chi connectivity index (χ0n) is 9.27. The highest BCUT2D eigenvalue weighted by Crippen LogP contribution is 2.37. The van der Waals surface area contributed by atoms with Gasteiger partial charge in [0.25, 0.3) is 0 Å². The lowest BCUT2D eigenvalue weighted by atomic mass is 9.96. The molecule has 0 fully saturated rings. The molecule has 16 heavy (non-hydrogen) atoms. The molecular weight excluding hydrogens is 224 g/mol. The van der Waals surface area contributed by atoms with Gasteiger partial charge in [-0.1, -0.05) is 19.1 Å². The van der Waals surface area contributed by atoms with E-state index in [1.54, 1.807) is 6.07 Å². The number of aliphatic hydroxyl groups excluding tert-OH is 1. The second kappa shape index (κ2) is 3.71. The molecule has 86 valence electrons. The molecule has 1 atom stereocenters. The van der Waals surface area contributed by atoms with E-state index in [2.05, 4.69) is 0 Å². The largest absolute Gasteiger partial charge is 0.396 e. The zero-order chi connectivity index (χ0) is 11.9. The van der Waals surface area contributed by atoms with Gasteiger partial charge >= 0.3 is 0 Å². The predicted octanol–water partition coefficient (Wildman–Crippen LogP) is 1.75. The molecule has 0 spiro atoms. The summed E-state index contributed by atoms with van der Waals surface area (Å²) in [5, 5.41) is 10.4. The number of benzene rings is 1. The molecule has 1 aliphatic heterocycles. The lowest BCUT2D eigenvalue weighted by Crippen LogP contribution is -2.02. The molecular formula is C12H14O3S. The van der Waals surface area contributed by atoms with Crippen LogP contribution in [0.25, 0.3) is 5.57 Å². The highest BCUT2D eigenvalue weighted by atomic mass is 32.2. The van der Waals surface area contributed by atoms with E-state index < -0.39 is 9.84 Å². The third kappa shape index (κ3) is 1.68. The van der Waals surface area contributed by atoms with Crippen molar-refractivity contribution in [3.63, 3.8) is 0 Å². The van der Waals surface area contributed by atoms with E-state index in [1.165, 1.54) is 5.41 Å². The Labute approximate surface area is 95.3 Å². The Hall–Kier alpha value is -1.13. The van der Waals surface area contributed by atoms with Gasteiger partial charge in [0.15, 0.2) is 0 Å². The summed E-state index contributed by atoms with van der Waals surface area (Å²) in [7, 11) is -3.31. The van der Waals surface area contributed by atoms with Crippen LogP contribution >= 0.6 is 0 Å². The topological polar surface area (TPSA) is 54.4 Å². The highest BCUT2D eigenvalue weighted by Gasteiger charge is 2.29. The van der Waals surface area contributed by atoms with Crippen LogP contribution in [0.5, 0.6) is 0 Å². The van der Waals surface area contributed by atoms with Gasteiger partial charge < -0.3 is 5.11 Å². The molecule has 4 heteroatoms. The minimum atomic E-state index is -3.31. The lowest BCUT2D eigenvalue weighted by Gasteiger charge is -2.10. The Morgan fingerprint density at radius 1 is 1.38 bits per heavy atom. The van der Waals surface area contributed by atoms with Gasteiger partial charge in [-0.25, -0.2) is 8.42 Å². The molecule has 0 aliphatic carbocycles. The predicted molar refractivity (Wildman–Crippen MR) is 62.6 cm³/mol. The van der Waals surface area contributed by atoms with Crippen molar-refractivity contribution in [1.82, 2.24) is 0 Å². The first-order valence-electron chi connectivity index (χ1n) is 5.14. The van der Waals surface area contributed by atoms with E-state index in [1.807, 2.05) is 26.0 Å². The van der Waals surface area contributed by atoms with E-state index in [9.17, 15) is 8.42 Å². The van der Waals surface area contributed by atoms with Crippen molar-refractivity contribution in [2.24, 2.45) is 5.92 Å². The maximum atomic E-state index is 11.9. The molecule has 0 saturated heterocycles. The van der Waals surface area contributed by atoms with E-state index in [0.717, 1.165) is 11.1 Å². The number of aliphatic hydroxyl groups is 1. The first-order chi connectivity index (χ1) is 7.45. The SMILES string of the molecule is Cc1ccc2c(c1)S(=O)(=O)C=C2C(C)CO. The van der Waals surface area contributed by atoms with E-state index in [4.69, 9.17) is 5.11 Å². The van der Waals surface area contributed by atoms with Crippen LogP contribution in [-0.4, -0.2) is 20.1 Å². The van der Waals surface area contributed by atoms with Gasteiger partial charge in [-0.3, -0.25) is 0 Å². The number of aryl methyl sites for hydroxylation is 1. The molecule has 1 aromatic carbocycles. The highest BCUT2D eigenvalue weighted by molar-refractivity contribution is 7.95. The van der Waals surface area contributed by atoms with Crippen molar-refractivity contribution in [3.8, 4) is 0 Å². The Kier molecular flexibility index (Phi) is 2.64. The summed E-state index contributed by atoms with van der Waals surface area (Å²) >= 11 is 0. The Bertz CT molecular complexity index is 556. The van der Waals surface area contributed by atoms with Crippen molar-refractivity contribution in [2.75, 3.05) is 6.61 Å². The van der Waals surface area contributed by atoms with Crippen LogP contribution in [-0.2, 0) is 9.84 Å². The smallest absolute Gasteiger partial charge is 0.200 e. The average molecular weight is 238 g/mol. The third-order valence-corrected chi connectivity index (χ3v) is 4.36. The Balaban J connectivity index is 2.65. The van der Waals surface area contributed by atoms with Crippen molar-refractivity contribution in [1.29, 1.82) is 0 Å². The number of fused-ring (bicyclic) bond motifs is 1. The summed E-state index contributed by atoms with van der Waals surface area (Å²) in [6.07, 6.45) is 0. The summed E-state index contributed by atoms with van der Waals surface area (Å²) in [6, 6.07) is 5.38. The summed E-state index contributed by atoms with van der Waals surface area (Å²) in [5.74, 6) is -0.154. The minimum absolute atomic E-state index is 0.0470. The first-order valence-corrected chi connectivity index (χ1v) is 6.69. The number of rotatable bonds is 2. The third-order valence-electron chi connectivity index (χ3n) is 2.84. The van der Waals surface area contributed by atoms with E-state index >= 15 is 0 Å². The van der Waals surface area contributed by atoms with Crippen LogP contribution in [0, 0.1) is 12.8 Å². The number of hydrogen-bond donors (Lipinski definition) is 1. The van der Waals surface area contributed by atoms with E-state index in [0.29, 0.717) is 10.5 Å². The average Bonchev–Trinajstić information content (AvgIpc) is 2.50. The van der Waals surface area contributed by atoms with Crippen LogP contribution in [0.2, 0.25) is 0 Å². The zero-order valence-corrected chi connectivity index (χ0v) is 10.1. The van der Waals surface area contributed by atoms with Crippen LogP contribution in [0.4, 0.5) is 0 Å². The van der Waals surface area contributed by atoms with Crippen LogP contribution < -0.4 is 0 Å². The van der Waals surface area contributed by atoms with Gasteiger partial charge in [-0.05, 0) is 29.7 Å². The monoisotopic (exact) mass is 238 g/mol. The first kappa shape index (κ1) is 11.4. The van der Waals surface area contributed by atoms with Gasteiger partial charge in [-0.15, -0.1) is 0 Å². The Morgan fingerprint density at radius 2 is 2.06 bits per heavy atom.